The number of aromatic nitrogens is 1. The maximum atomic E-state index is 12.5. The molecule has 1 aliphatic rings. The molecule has 1 aliphatic heterocycles. The summed E-state index contributed by atoms with van der Waals surface area (Å²) in [5.41, 5.74) is 6.54. The van der Waals surface area contributed by atoms with Crippen molar-refractivity contribution in [2.45, 2.75) is 46.7 Å². The summed E-state index contributed by atoms with van der Waals surface area (Å²) >= 11 is 3.92. The van der Waals surface area contributed by atoms with E-state index in [0.29, 0.717) is 17.0 Å². The normalized spacial score (nSPS) is 14.3. The van der Waals surface area contributed by atoms with Crippen LogP contribution < -0.4 is 11.1 Å². The first kappa shape index (κ1) is 32.2. The van der Waals surface area contributed by atoms with Crippen LogP contribution in [0.25, 0.3) is 0 Å². The molecule has 9 heteroatoms. The molecule has 0 unspecified atom stereocenters. The fourth-order valence-electron chi connectivity index (χ4n) is 2.32. The summed E-state index contributed by atoms with van der Waals surface area (Å²) in [4.78, 5) is 3.48. The fourth-order valence-corrected chi connectivity index (χ4v) is 2.32. The van der Waals surface area contributed by atoms with Crippen molar-refractivity contribution >= 4 is 43.3 Å². The van der Waals surface area contributed by atoms with Gasteiger partial charge in [0, 0.05) is 17.8 Å². The van der Waals surface area contributed by atoms with Crippen LogP contribution in [-0.2, 0) is 0 Å². The molecule has 1 fully saturated rings. The second kappa shape index (κ2) is 17.5. The summed E-state index contributed by atoms with van der Waals surface area (Å²) in [7, 11) is 0. The van der Waals surface area contributed by atoms with Crippen molar-refractivity contribution in [3.8, 4) is 0 Å². The number of nitrogen functional groups attached to an aromatic ring is 1. The van der Waals surface area contributed by atoms with E-state index in [4.69, 9.17) is 5.73 Å². The van der Waals surface area contributed by atoms with E-state index < -0.39 is 11.7 Å². The third kappa shape index (κ3) is 14.6. The number of pyridine rings is 1. The minimum absolute atomic E-state index is 0.0372. The van der Waals surface area contributed by atoms with E-state index in [9.17, 15) is 17.6 Å². The molecule has 1 saturated heterocycles. The third-order valence-electron chi connectivity index (χ3n) is 3.76. The van der Waals surface area contributed by atoms with Gasteiger partial charge in [-0.2, -0.15) is 13.2 Å². The van der Waals surface area contributed by atoms with Crippen molar-refractivity contribution in [2.24, 2.45) is 5.92 Å². The van der Waals surface area contributed by atoms with Crippen LogP contribution in [0.3, 0.4) is 0 Å². The minimum atomic E-state index is -4.39. The van der Waals surface area contributed by atoms with E-state index in [1.54, 1.807) is 19.0 Å². The zero-order valence-corrected chi connectivity index (χ0v) is 23.1. The molecule has 1 aromatic heterocycles. The van der Waals surface area contributed by atoms with E-state index in [1.165, 1.54) is 12.1 Å². The number of halogens is 5. The van der Waals surface area contributed by atoms with Gasteiger partial charge >= 0.3 is 43.7 Å². The number of nitrogens with one attached hydrogen (secondary N) is 1. The molecule has 174 valence electrons. The van der Waals surface area contributed by atoms with Crippen LogP contribution in [0, 0.1) is 11.7 Å². The molecule has 0 spiro atoms. The number of rotatable bonds is 4. The number of allylic oxidation sites excluding steroid dienone is 6. The summed E-state index contributed by atoms with van der Waals surface area (Å²) in [5.74, 6) is -0.0598. The molecule has 31 heavy (non-hydrogen) atoms. The maximum absolute atomic E-state index is 12.5. The average Bonchev–Trinajstić information content (AvgIpc) is 3.23. The van der Waals surface area contributed by atoms with E-state index >= 15 is 0 Å². The van der Waals surface area contributed by atoms with Gasteiger partial charge in [0.15, 0.2) is 0 Å². The molecule has 1 aromatic rings. The first-order valence-electron chi connectivity index (χ1n) is 9.66. The van der Waals surface area contributed by atoms with Crippen LogP contribution >= 0.6 is 18.5 Å². The zero-order chi connectivity index (χ0) is 24.6. The molecule has 3 N–H and O–H groups in total. The second-order valence-corrected chi connectivity index (χ2v) is 6.40. The molecular weight excluding hydrogens is 631 g/mol. The van der Waals surface area contributed by atoms with Gasteiger partial charge in [-0.25, -0.2) is 9.37 Å². The van der Waals surface area contributed by atoms with Crippen molar-refractivity contribution in [1.82, 2.24) is 10.3 Å². The molecule has 2 radical (unpaired) electrons. The van der Waals surface area contributed by atoms with E-state index in [0.717, 1.165) is 37.4 Å². The first-order chi connectivity index (χ1) is 14.5. The summed E-state index contributed by atoms with van der Waals surface area (Å²) in [5, 5.41) is 3.19. The Morgan fingerprint density at radius 2 is 1.84 bits per heavy atom. The summed E-state index contributed by atoms with van der Waals surface area (Å²) in [6, 6.07) is 2.68. The van der Waals surface area contributed by atoms with E-state index in [-0.39, 0.29) is 11.7 Å². The van der Waals surface area contributed by atoms with E-state index in [2.05, 4.69) is 42.0 Å². The Labute approximate surface area is 206 Å². The summed E-state index contributed by atoms with van der Waals surface area (Å²) < 4.78 is 49.6. The third-order valence-corrected chi connectivity index (χ3v) is 3.76. The SMILES string of the molecule is C=C(/C=C1/CCCN1)/C(=C/C(=C)C(F)(F)F)C(C)C.CC.Nc1ccc(F)cn1.[Sb][I]. The molecule has 0 saturated carbocycles. The number of hydrogen-bond acceptors (Lipinski definition) is 3. The molecular formula is C22H31F4IN3Sb. The molecule has 0 amide bonds. The van der Waals surface area contributed by atoms with Gasteiger partial charge in [-0.3, -0.25) is 0 Å². The average molecular weight is 662 g/mol. The molecule has 0 aliphatic carbocycles. The molecule has 0 aromatic carbocycles. The zero-order valence-electron chi connectivity index (χ0n) is 18.4. The quantitative estimate of drug-likeness (QED) is 0.161. The number of nitrogens with zero attached hydrogens (tertiary/aromatic N) is 1. The summed E-state index contributed by atoms with van der Waals surface area (Å²) in [6.45, 7) is 15.6. The Balaban J connectivity index is 0. The first-order valence-corrected chi connectivity index (χ1v) is 17.1. The van der Waals surface area contributed by atoms with Gasteiger partial charge in [-0.1, -0.05) is 40.9 Å². The van der Waals surface area contributed by atoms with Gasteiger partial charge < -0.3 is 11.1 Å². The van der Waals surface area contributed by atoms with Gasteiger partial charge in [-0.05, 0) is 54.2 Å². The number of alkyl halides is 3. The van der Waals surface area contributed by atoms with Crippen molar-refractivity contribution in [1.29, 1.82) is 0 Å². The van der Waals surface area contributed by atoms with Crippen molar-refractivity contribution in [2.75, 3.05) is 12.3 Å². The molecule has 3 nitrogen and oxygen atoms in total. The number of anilines is 1. The van der Waals surface area contributed by atoms with Crippen LogP contribution in [0.4, 0.5) is 23.4 Å². The predicted octanol–water partition coefficient (Wildman–Crippen LogP) is 6.84. The molecule has 0 bridgehead atoms. The Hall–Kier alpha value is -1.02. The van der Waals surface area contributed by atoms with Crippen LogP contribution in [-0.4, -0.2) is 36.7 Å². The predicted molar refractivity (Wildman–Crippen MR) is 132 cm³/mol. The number of hydrogen-bond donors (Lipinski definition) is 2. The van der Waals surface area contributed by atoms with Crippen LogP contribution in [0.15, 0.2) is 66.1 Å². The fraction of sp³-hybridized carbons (Fsp3) is 0.409. The van der Waals surface area contributed by atoms with Crippen LogP contribution in [0.5, 0.6) is 0 Å². The Morgan fingerprint density at radius 3 is 2.19 bits per heavy atom. The van der Waals surface area contributed by atoms with Crippen molar-refractivity contribution in [3.05, 3.63) is 71.9 Å². The van der Waals surface area contributed by atoms with Gasteiger partial charge in [-0.15, -0.1) is 0 Å². The van der Waals surface area contributed by atoms with Gasteiger partial charge in [0.05, 0.1) is 6.20 Å². The monoisotopic (exact) mass is 661 g/mol. The van der Waals surface area contributed by atoms with Gasteiger partial charge in [0.25, 0.3) is 0 Å². The second-order valence-electron chi connectivity index (χ2n) is 6.40. The molecule has 0 atom stereocenters. The summed E-state index contributed by atoms with van der Waals surface area (Å²) in [6.07, 6.45) is 1.59. The molecule has 2 heterocycles. The van der Waals surface area contributed by atoms with Crippen molar-refractivity contribution < 1.29 is 17.6 Å². The Morgan fingerprint density at radius 1 is 1.26 bits per heavy atom. The Kier molecular flexibility index (Phi) is 18.2. The van der Waals surface area contributed by atoms with Crippen molar-refractivity contribution in [3.63, 3.8) is 0 Å². The Bertz CT molecular complexity index is 698. The van der Waals surface area contributed by atoms with Crippen LogP contribution in [0.1, 0.15) is 40.5 Å². The topological polar surface area (TPSA) is 50.9 Å². The standard InChI is InChI=1S/C15H20F3N.C5H5FN2.C2H6.HI.Sb/c1-10(2)14(9-12(4)15(16,17)18)11(3)8-13-6-5-7-19-13;6-4-1-2-5(7)8-3-4;1-2;;/h8-10,19H,3-7H2,1-2H3;1-3H,(H2,7,8);1-2H3;1H;/q;;;;+1/p-1/b13-8-,14-9+;;;;. The number of nitrogens with two attached hydrogens (primary N) is 1. The van der Waals surface area contributed by atoms with Gasteiger partial charge in [0.1, 0.15) is 11.6 Å². The van der Waals surface area contributed by atoms with E-state index in [1.807, 2.05) is 33.8 Å². The van der Waals surface area contributed by atoms with Crippen LogP contribution in [0.2, 0.25) is 0 Å². The molecule has 2 rings (SSSR count). The van der Waals surface area contributed by atoms with Gasteiger partial charge in [0.2, 0.25) is 0 Å².